The Morgan fingerprint density at radius 2 is 2.37 bits per heavy atom. The van der Waals surface area contributed by atoms with E-state index in [-0.39, 0.29) is 5.91 Å². The zero-order valence-electron chi connectivity index (χ0n) is 10.3. The summed E-state index contributed by atoms with van der Waals surface area (Å²) in [7, 11) is 0. The molecule has 0 atom stereocenters. The number of nitrogens with one attached hydrogen (secondary N) is 1. The second-order valence-corrected chi connectivity index (χ2v) is 4.21. The van der Waals surface area contributed by atoms with Crippen LogP contribution in [0.15, 0.2) is 41.5 Å². The van der Waals surface area contributed by atoms with E-state index in [4.69, 9.17) is 4.42 Å². The molecule has 3 aromatic rings. The molecule has 0 bridgehead atoms. The molecule has 0 unspecified atom stereocenters. The molecule has 0 aliphatic rings. The Morgan fingerprint density at radius 3 is 3.16 bits per heavy atom. The number of aromatic nitrogens is 3. The molecule has 3 aromatic heterocycles. The fraction of sp³-hybridized carbons (Fsp3) is 0.154. The molecular formula is C13H12N4O2. The minimum absolute atomic E-state index is 0.200. The average molecular weight is 256 g/mol. The largest absolute Gasteiger partial charge is 0.472 e. The Labute approximate surface area is 109 Å². The lowest BCUT2D eigenvalue weighted by atomic mass is 10.3. The van der Waals surface area contributed by atoms with Gasteiger partial charge in [0.1, 0.15) is 5.56 Å². The summed E-state index contributed by atoms with van der Waals surface area (Å²) < 4.78 is 6.53. The molecule has 6 heteroatoms. The van der Waals surface area contributed by atoms with Crippen LogP contribution in [0, 0.1) is 6.92 Å². The summed E-state index contributed by atoms with van der Waals surface area (Å²) in [6.07, 6.45) is 6.47. The van der Waals surface area contributed by atoms with Crippen molar-refractivity contribution in [3.63, 3.8) is 0 Å². The number of hydrogen-bond acceptors (Lipinski definition) is 4. The van der Waals surface area contributed by atoms with E-state index in [0.717, 1.165) is 11.3 Å². The molecule has 19 heavy (non-hydrogen) atoms. The Hall–Kier alpha value is -2.63. The molecule has 0 aromatic carbocycles. The Morgan fingerprint density at radius 1 is 1.47 bits per heavy atom. The molecule has 0 aliphatic carbocycles. The molecule has 0 aliphatic heterocycles. The van der Waals surface area contributed by atoms with Crippen molar-refractivity contribution in [2.24, 2.45) is 0 Å². The smallest absolute Gasteiger partial charge is 0.257 e. The number of aryl methyl sites for hydroxylation is 1. The molecule has 0 spiro atoms. The molecule has 0 fully saturated rings. The van der Waals surface area contributed by atoms with Crippen LogP contribution in [0.2, 0.25) is 0 Å². The molecule has 3 heterocycles. The maximum Gasteiger partial charge on any atom is 0.257 e. The molecule has 0 saturated carbocycles. The molecule has 96 valence electrons. The fourth-order valence-electron chi connectivity index (χ4n) is 1.79. The van der Waals surface area contributed by atoms with Gasteiger partial charge >= 0.3 is 0 Å². The van der Waals surface area contributed by atoms with Crippen molar-refractivity contribution >= 4 is 11.6 Å². The van der Waals surface area contributed by atoms with Crippen LogP contribution < -0.4 is 5.32 Å². The van der Waals surface area contributed by atoms with Gasteiger partial charge < -0.3 is 9.73 Å². The molecule has 1 amide bonds. The lowest BCUT2D eigenvalue weighted by Crippen LogP contribution is -2.22. The Kier molecular flexibility index (Phi) is 2.75. The Bertz CT molecular complexity index is 715. The summed E-state index contributed by atoms with van der Waals surface area (Å²) in [6, 6.07) is 3.64. The van der Waals surface area contributed by atoms with Gasteiger partial charge in [0.05, 0.1) is 18.7 Å². The van der Waals surface area contributed by atoms with Crippen LogP contribution in [-0.2, 0) is 6.54 Å². The number of carbonyl (C=O) groups is 1. The number of rotatable bonds is 3. The van der Waals surface area contributed by atoms with Gasteiger partial charge in [-0.2, -0.15) is 5.10 Å². The van der Waals surface area contributed by atoms with E-state index in [2.05, 4.69) is 15.4 Å². The SMILES string of the molecule is Cc1ccn2ncc(C(=O)NCc3ccoc3)c2n1. The van der Waals surface area contributed by atoms with Crippen LogP contribution in [0.5, 0.6) is 0 Å². The highest BCUT2D eigenvalue weighted by atomic mass is 16.3. The number of amides is 1. The third kappa shape index (κ3) is 2.20. The molecule has 6 nitrogen and oxygen atoms in total. The maximum atomic E-state index is 12.1. The van der Waals surface area contributed by atoms with Gasteiger partial charge in [0.25, 0.3) is 5.91 Å². The average Bonchev–Trinajstić information content (AvgIpc) is 3.04. The predicted molar refractivity (Wildman–Crippen MR) is 67.6 cm³/mol. The zero-order valence-corrected chi connectivity index (χ0v) is 10.3. The van der Waals surface area contributed by atoms with Crippen LogP contribution in [0.1, 0.15) is 21.6 Å². The Balaban J connectivity index is 1.83. The van der Waals surface area contributed by atoms with Crippen molar-refractivity contribution in [2.45, 2.75) is 13.5 Å². The highest BCUT2D eigenvalue weighted by Crippen LogP contribution is 2.09. The summed E-state index contributed by atoms with van der Waals surface area (Å²) in [6.45, 7) is 2.29. The van der Waals surface area contributed by atoms with Crippen molar-refractivity contribution in [1.29, 1.82) is 0 Å². The van der Waals surface area contributed by atoms with E-state index < -0.39 is 0 Å². The van der Waals surface area contributed by atoms with Gasteiger partial charge in [-0.3, -0.25) is 4.79 Å². The lowest BCUT2D eigenvalue weighted by Gasteiger charge is -2.02. The number of carbonyl (C=O) groups excluding carboxylic acids is 1. The third-order valence-electron chi connectivity index (χ3n) is 2.79. The van der Waals surface area contributed by atoms with Gasteiger partial charge in [-0.15, -0.1) is 0 Å². The zero-order chi connectivity index (χ0) is 13.2. The maximum absolute atomic E-state index is 12.1. The van der Waals surface area contributed by atoms with Crippen molar-refractivity contribution in [3.8, 4) is 0 Å². The molecule has 0 radical (unpaired) electrons. The van der Waals surface area contributed by atoms with E-state index in [0.29, 0.717) is 17.8 Å². The summed E-state index contributed by atoms with van der Waals surface area (Å²) >= 11 is 0. The number of furan rings is 1. The molecule has 1 N–H and O–H groups in total. The number of nitrogens with zero attached hydrogens (tertiary/aromatic N) is 3. The van der Waals surface area contributed by atoms with Crippen LogP contribution >= 0.6 is 0 Å². The molecular weight excluding hydrogens is 244 g/mol. The second-order valence-electron chi connectivity index (χ2n) is 4.21. The van der Waals surface area contributed by atoms with Crippen LogP contribution in [0.3, 0.4) is 0 Å². The third-order valence-corrected chi connectivity index (χ3v) is 2.79. The standard InChI is InChI=1S/C13H12N4O2/c1-9-2-4-17-12(16-9)11(7-15-17)13(18)14-6-10-3-5-19-8-10/h2-5,7-8H,6H2,1H3,(H,14,18). The highest BCUT2D eigenvalue weighted by molar-refractivity contribution is 5.99. The van der Waals surface area contributed by atoms with E-state index in [1.54, 1.807) is 29.3 Å². The first-order valence-electron chi connectivity index (χ1n) is 5.84. The van der Waals surface area contributed by atoms with Gasteiger partial charge in [-0.25, -0.2) is 9.50 Å². The van der Waals surface area contributed by atoms with Gasteiger partial charge in [-0.05, 0) is 19.1 Å². The highest BCUT2D eigenvalue weighted by Gasteiger charge is 2.13. The summed E-state index contributed by atoms with van der Waals surface area (Å²) in [4.78, 5) is 16.4. The normalized spacial score (nSPS) is 10.8. The van der Waals surface area contributed by atoms with Crippen molar-refractivity contribution < 1.29 is 9.21 Å². The minimum atomic E-state index is -0.200. The minimum Gasteiger partial charge on any atom is -0.472 e. The van der Waals surface area contributed by atoms with Gasteiger partial charge in [0, 0.05) is 24.0 Å². The van der Waals surface area contributed by atoms with E-state index >= 15 is 0 Å². The predicted octanol–water partition coefficient (Wildman–Crippen LogP) is 1.56. The quantitative estimate of drug-likeness (QED) is 0.771. The second kappa shape index (κ2) is 4.56. The van der Waals surface area contributed by atoms with Crippen LogP contribution in [-0.4, -0.2) is 20.5 Å². The van der Waals surface area contributed by atoms with Gasteiger partial charge in [-0.1, -0.05) is 0 Å². The fourth-order valence-corrected chi connectivity index (χ4v) is 1.79. The van der Waals surface area contributed by atoms with Crippen LogP contribution in [0.4, 0.5) is 0 Å². The van der Waals surface area contributed by atoms with Gasteiger partial charge in [0.2, 0.25) is 0 Å². The van der Waals surface area contributed by atoms with E-state index in [1.165, 1.54) is 6.20 Å². The number of hydrogen-bond donors (Lipinski definition) is 1. The summed E-state index contributed by atoms with van der Waals surface area (Å²) in [5.74, 6) is -0.200. The van der Waals surface area contributed by atoms with E-state index in [1.807, 2.05) is 13.0 Å². The summed E-state index contributed by atoms with van der Waals surface area (Å²) in [5.41, 5.74) is 2.78. The first kappa shape index (κ1) is 11.5. The van der Waals surface area contributed by atoms with Crippen LogP contribution in [0.25, 0.3) is 5.65 Å². The summed E-state index contributed by atoms with van der Waals surface area (Å²) in [5, 5.41) is 6.91. The monoisotopic (exact) mass is 256 g/mol. The van der Waals surface area contributed by atoms with Gasteiger partial charge in [0.15, 0.2) is 5.65 Å². The van der Waals surface area contributed by atoms with E-state index in [9.17, 15) is 4.79 Å². The first-order valence-corrected chi connectivity index (χ1v) is 5.84. The first-order chi connectivity index (χ1) is 9.24. The topological polar surface area (TPSA) is 72.4 Å². The van der Waals surface area contributed by atoms with Crippen molar-refractivity contribution in [3.05, 3.63) is 53.9 Å². The molecule has 0 saturated heterocycles. The lowest BCUT2D eigenvalue weighted by molar-refractivity contribution is 0.0952. The van der Waals surface area contributed by atoms with Crippen molar-refractivity contribution in [2.75, 3.05) is 0 Å². The van der Waals surface area contributed by atoms with Crippen molar-refractivity contribution in [1.82, 2.24) is 19.9 Å². The molecule has 3 rings (SSSR count). The number of fused-ring (bicyclic) bond motifs is 1.